The fourth-order valence-electron chi connectivity index (χ4n) is 1.19. The highest BCUT2D eigenvalue weighted by molar-refractivity contribution is 5.33. The quantitative estimate of drug-likeness (QED) is 0.693. The van der Waals surface area contributed by atoms with Gasteiger partial charge < -0.3 is 11.5 Å². The Labute approximate surface area is 71.4 Å². The highest BCUT2D eigenvalue weighted by atomic mass is 19.1. The molecule has 0 saturated heterocycles. The maximum Gasteiger partial charge on any atom is 0.130 e. The molecule has 0 aliphatic carbocycles. The second-order valence-electron chi connectivity index (χ2n) is 2.74. The topological polar surface area (TPSA) is 52.0 Å². The number of halogens is 1. The third-order valence-corrected chi connectivity index (χ3v) is 1.96. The van der Waals surface area contributed by atoms with E-state index in [0.29, 0.717) is 17.7 Å². The van der Waals surface area contributed by atoms with Gasteiger partial charge in [0.25, 0.3) is 0 Å². The van der Waals surface area contributed by atoms with Crippen LogP contribution < -0.4 is 11.5 Å². The third-order valence-electron chi connectivity index (χ3n) is 1.96. The molecule has 4 N–H and O–H groups in total. The van der Waals surface area contributed by atoms with E-state index in [2.05, 4.69) is 0 Å². The van der Waals surface area contributed by atoms with E-state index in [0.717, 1.165) is 5.56 Å². The summed E-state index contributed by atoms with van der Waals surface area (Å²) in [5, 5.41) is 0. The summed E-state index contributed by atoms with van der Waals surface area (Å²) in [5.41, 5.74) is 12.8. The summed E-state index contributed by atoms with van der Waals surface area (Å²) in [7, 11) is 0. The van der Waals surface area contributed by atoms with Gasteiger partial charge in [0, 0.05) is 18.7 Å². The summed E-state index contributed by atoms with van der Waals surface area (Å²) in [6.07, 6.45) is 0. The Bertz CT molecular complexity index is 284. The molecule has 0 fully saturated rings. The van der Waals surface area contributed by atoms with Gasteiger partial charge in [0.2, 0.25) is 0 Å². The van der Waals surface area contributed by atoms with Gasteiger partial charge in [0.15, 0.2) is 0 Å². The van der Waals surface area contributed by atoms with Gasteiger partial charge >= 0.3 is 0 Å². The van der Waals surface area contributed by atoms with Crippen molar-refractivity contribution in [1.29, 1.82) is 0 Å². The van der Waals surface area contributed by atoms with Gasteiger partial charge in [-0.3, -0.25) is 0 Å². The van der Waals surface area contributed by atoms with Crippen LogP contribution in [-0.4, -0.2) is 0 Å². The van der Waals surface area contributed by atoms with Crippen LogP contribution in [0.25, 0.3) is 0 Å². The Balaban J connectivity index is 3.25. The monoisotopic (exact) mass is 168 g/mol. The summed E-state index contributed by atoms with van der Waals surface area (Å²) in [5.74, 6) is -0.222. The normalized spacial score (nSPS) is 10.3. The molecule has 0 aliphatic rings. The van der Waals surface area contributed by atoms with Crippen LogP contribution in [0.4, 0.5) is 4.39 Å². The molecule has 0 unspecified atom stereocenters. The molecule has 2 nitrogen and oxygen atoms in total. The molecule has 0 aliphatic heterocycles. The van der Waals surface area contributed by atoms with E-state index in [-0.39, 0.29) is 12.4 Å². The van der Waals surface area contributed by atoms with Crippen molar-refractivity contribution in [2.45, 2.75) is 20.0 Å². The highest BCUT2D eigenvalue weighted by Gasteiger charge is 2.07. The Hall–Kier alpha value is -0.930. The molecule has 3 heteroatoms. The van der Waals surface area contributed by atoms with Crippen molar-refractivity contribution in [3.8, 4) is 0 Å². The maximum absolute atomic E-state index is 13.3. The number of rotatable bonds is 2. The molecule has 0 saturated carbocycles. The second-order valence-corrected chi connectivity index (χ2v) is 2.74. The Kier molecular flexibility index (Phi) is 2.78. The number of hydrogen-bond donors (Lipinski definition) is 2. The summed E-state index contributed by atoms with van der Waals surface area (Å²) in [4.78, 5) is 0. The third kappa shape index (κ3) is 1.47. The minimum absolute atomic E-state index is 0.208. The van der Waals surface area contributed by atoms with Crippen molar-refractivity contribution >= 4 is 0 Å². The predicted octanol–water partition coefficient (Wildman–Crippen LogP) is 1.05. The Morgan fingerprint density at radius 3 is 2.42 bits per heavy atom. The first-order valence-corrected chi connectivity index (χ1v) is 3.87. The van der Waals surface area contributed by atoms with Crippen molar-refractivity contribution in [2.24, 2.45) is 11.5 Å². The van der Waals surface area contributed by atoms with E-state index in [1.54, 1.807) is 13.0 Å². The minimum atomic E-state index is -0.222. The lowest BCUT2D eigenvalue weighted by Gasteiger charge is -2.08. The van der Waals surface area contributed by atoms with Gasteiger partial charge in [0.05, 0.1) is 0 Å². The van der Waals surface area contributed by atoms with Crippen LogP contribution in [0.2, 0.25) is 0 Å². The first-order chi connectivity index (χ1) is 5.70. The van der Waals surface area contributed by atoms with E-state index in [1.165, 1.54) is 0 Å². The first-order valence-electron chi connectivity index (χ1n) is 3.87. The zero-order valence-electron chi connectivity index (χ0n) is 7.10. The average Bonchev–Trinajstić information content (AvgIpc) is 2.09. The van der Waals surface area contributed by atoms with Gasteiger partial charge in [-0.15, -0.1) is 0 Å². The Morgan fingerprint density at radius 1 is 1.25 bits per heavy atom. The van der Waals surface area contributed by atoms with Gasteiger partial charge in [-0.25, -0.2) is 4.39 Å². The lowest BCUT2D eigenvalue weighted by molar-refractivity contribution is 0.598. The summed E-state index contributed by atoms with van der Waals surface area (Å²) >= 11 is 0. The van der Waals surface area contributed by atoms with Gasteiger partial charge in [-0.05, 0) is 18.1 Å². The smallest absolute Gasteiger partial charge is 0.130 e. The standard InChI is InChI=1S/C9H13FN2/c1-6-2-3-7(4-11)8(5-12)9(6)10/h2-3H,4-5,11-12H2,1H3. The molecule has 0 amide bonds. The summed E-state index contributed by atoms with van der Waals surface area (Å²) < 4.78 is 13.3. The number of nitrogens with two attached hydrogens (primary N) is 2. The number of benzene rings is 1. The van der Waals surface area contributed by atoms with Gasteiger partial charge in [0.1, 0.15) is 5.82 Å². The lowest BCUT2D eigenvalue weighted by Crippen LogP contribution is -2.09. The first kappa shape index (κ1) is 9.16. The highest BCUT2D eigenvalue weighted by Crippen LogP contribution is 2.16. The van der Waals surface area contributed by atoms with Crippen LogP contribution in [0.5, 0.6) is 0 Å². The Morgan fingerprint density at radius 2 is 1.92 bits per heavy atom. The largest absolute Gasteiger partial charge is 0.326 e. The van der Waals surface area contributed by atoms with E-state index in [1.807, 2.05) is 6.07 Å². The van der Waals surface area contributed by atoms with Crippen LogP contribution >= 0.6 is 0 Å². The second kappa shape index (κ2) is 3.65. The van der Waals surface area contributed by atoms with E-state index in [9.17, 15) is 4.39 Å². The zero-order chi connectivity index (χ0) is 9.14. The fraction of sp³-hybridized carbons (Fsp3) is 0.333. The molecule has 0 bridgehead atoms. The zero-order valence-corrected chi connectivity index (χ0v) is 7.10. The van der Waals surface area contributed by atoms with Crippen LogP contribution in [0, 0.1) is 12.7 Å². The van der Waals surface area contributed by atoms with Crippen molar-refractivity contribution in [3.05, 3.63) is 34.6 Å². The van der Waals surface area contributed by atoms with E-state index < -0.39 is 0 Å². The van der Waals surface area contributed by atoms with Crippen LogP contribution in [0.15, 0.2) is 12.1 Å². The molecule has 0 radical (unpaired) electrons. The average molecular weight is 168 g/mol. The summed E-state index contributed by atoms with van der Waals surface area (Å²) in [6, 6.07) is 3.54. The fourth-order valence-corrected chi connectivity index (χ4v) is 1.19. The molecule has 0 spiro atoms. The van der Waals surface area contributed by atoms with Gasteiger partial charge in [-0.2, -0.15) is 0 Å². The van der Waals surface area contributed by atoms with Crippen LogP contribution in [0.3, 0.4) is 0 Å². The number of hydrogen-bond acceptors (Lipinski definition) is 2. The van der Waals surface area contributed by atoms with Crippen LogP contribution in [-0.2, 0) is 13.1 Å². The lowest BCUT2D eigenvalue weighted by atomic mass is 10.0. The van der Waals surface area contributed by atoms with Crippen molar-refractivity contribution < 1.29 is 4.39 Å². The summed E-state index contributed by atoms with van der Waals surface area (Å²) in [6.45, 7) is 2.26. The molecule has 1 aromatic rings. The minimum Gasteiger partial charge on any atom is -0.326 e. The van der Waals surface area contributed by atoms with E-state index in [4.69, 9.17) is 11.5 Å². The van der Waals surface area contributed by atoms with E-state index >= 15 is 0 Å². The van der Waals surface area contributed by atoms with Crippen molar-refractivity contribution in [3.63, 3.8) is 0 Å². The molecule has 0 atom stereocenters. The van der Waals surface area contributed by atoms with Crippen molar-refractivity contribution in [2.75, 3.05) is 0 Å². The molecular weight excluding hydrogens is 155 g/mol. The molecule has 12 heavy (non-hydrogen) atoms. The predicted molar refractivity (Wildman–Crippen MR) is 46.9 cm³/mol. The molecule has 0 aromatic heterocycles. The van der Waals surface area contributed by atoms with Crippen LogP contribution in [0.1, 0.15) is 16.7 Å². The molecular formula is C9H13FN2. The SMILES string of the molecule is Cc1ccc(CN)c(CN)c1F. The van der Waals surface area contributed by atoms with Gasteiger partial charge in [-0.1, -0.05) is 12.1 Å². The molecule has 66 valence electrons. The number of aryl methyl sites for hydroxylation is 1. The maximum atomic E-state index is 13.3. The molecule has 0 heterocycles. The molecule has 1 aromatic carbocycles. The van der Waals surface area contributed by atoms with Crippen molar-refractivity contribution in [1.82, 2.24) is 0 Å². The molecule has 1 rings (SSSR count).